The summed E-state index contributed by atoms with van der Waals surface area (Å²) in [5, 5.41) is 3.04. The number of nitrogens with zero attached hydrogens (tertiary/aromatic N) is 2. The van der Waals surface area contributed by atoms with Crippen LogP contribution in [-0.4, -0.2) is 15.5 Å². The molecular formula is C19H24Cl2N4O. The first kappa shape index (κ1) is 21.8. The molecule has 7 heteroatoms. The highest BCUT2D eigenvalue weighted by atomic mass is 35.5. The Morgan fingerprint density at radius 1 is 1.23 bits per heavy atom. The number of anilines is 1. The van der Waals surface area contributed by atoms with Crippen molar-refractivity contribution in [2.75, 3.05) is 5.73 Å². The third-order valence-electron chi connectivity index (χ3n) is 4.24. The molecule has 0 saturated carbocycles. The molecule has 0 fully saturated rings. The van der Waals surface area contributed by atoms with E-state index in [2.05, 4.69) is 16.8 Å². The van der Waals surface area contributed by atoms with Gasteiger partial charge in [0.05, 0.1) is 17.1 Å². The summed E-state index contributed by atoms with van der Waals surface area (Å²) in [5.74, 6) is 0.718. The van der Waals surface area contributed by atoms with Crippen LogP contribution in [0, 0.1) is 6.92 Å². The molecule has 1 heterocycles. The molecule has 0 saturated heterocycles. The fraction of sp³-hybridized carbons (Fsp3) is 0.263. The summed E-state index contributed by atoms with van der Waals surface area (Å²) in [7, 11) is 0. The highest BCUT2D eigenvalue weighted by molar-refractivity contribution is 5.96. The Labute approximate surface area is 165 Å². The third kappa shape index (κ3) is 4.11. The zero-order chi connectivity index (χ0) is 17.3. The molecule has 1 unspecified atom stereocenters. The molecule has 0 spiro atoms. The summed E-state index contributed by atoms with van der Waals surface area (Å²) in [5.41, 5.74) is 9.91. The van der Waals surface area contributed by atoms with Crippen molar-refractivity contribution in [2.24, 2.45) is 0 Å². The molecule has 0 bridgehead atoms. The standard InChI is InChI=1S/C19H22N4O.2ClH/c1-4-23-17-8-6-5-7-16(17)22-18(23)13(3)21-19(24)15-11-14(20)10-9-12(15)2;;/h5-11,13H,4,20H2,1-3H3,(H,21,24);2*1H. The highest BCUT2D eigenvalue weighted by Crippen LogP contribution is 2.21. The van der Waals surface area contributed by atoms with Gasteiger partial charge in [-0.3, -0.25) is 4.79 Å². The summed E-state index contributed by atoms with van der Waals surface area (Å²) in [4.78, 5) is 17.3. The molecule has 2 aromatic carbocycles. The molecule has 5 nitrogen and oxygen atoms in total. The number of benzene rings is 2. The zero-order valence-electron chi connectivity index (χ0n) is 15.0. The van der Waals surface area contributed by atoms with Crippen molar-refractivity contribution in [2.45, 2.75) is 33.4 Å². The quantitative estimate of drug-likeness (QED) is 0.648. The molecule has 1 amide bonds. The van der Waals surface area contributed by atoms with Gasteiger partial charge in [-0.25, -0.2) is 4.98 Å². The number of carbonyl (C=O) groups excluding carboxylic acids is 1. The number of para-hydroxylation sites is 2. The number of nitrogens with one attached hydrogen (secondary N) is 1. The molecular weight excluding hydrogens is 371 g/mol. The van der Waals surface area contributed by atoms with Gasteiger partial charge in [0, 0.05) is 17.8 Å². The lowest BCUT2D eigenvalue weighted by molar-refractivity contribution is 0.0937. The van der Waals surface area contributed by atoms with E-state index in [1.54, 1.807) is 12.1 Å². The van der Waals surface area contributed by atoms with Crippen molar-refractivity contribution in [3.8, 4) is 0 Å². The Morgan fingerprint density at radius 3 is 2.62 bits per heavy atom. The van der Waals surface area contributed by atoms with Crippen LogP contribution in [0.15, 0.2) is 42.5 Å². The van der Waals surface area contributed by atoms with E-state index in [4.69, 9.17) is 10.7 Å². The molecule has 140 valence electrons. The van der Waals surface area contributed by atoms with Crippen molar-refractivity contribution in [1.82, 2.24) is 14.9 Å². The number of nitrogens with two attached hydrogens (primary N) is 1. The molecule has 26 heavy (non-hydrogen) atoms. The van der Waals surface area contributed by atoms with Crippen LogP contribution in [0.25, 0.3) is 11.0 Å². The molecule has 0 aliphatic heterocycles. The van der Waals surface area contributed by atoms with Gasteiger partial charge in [-0.2, -0.15) is 0 Å². The minimum Gasteiger partial charge on any atom is -0.399 e. The van der Waals surface area contributed by atoms with Crippen LogP contribution in [0.1, 0.15) is 41.6 Å². The number of rotatable bonds is 4. The summed E-state index contributed by atoms with van der Waals surface area (Å²) >= 11 is 0. The maximum Gasteiger partial charge on any atom is 0.252 e. The Bertz CT molecular complexity index is 908. The highest BCUT2D eigenvalue weighted by Gasteiger charge is 2.19. The normalized spacial score (nSPS) is 11.3. The maximum atomic E-state index is 12.6. The van der Waals surface area contributed by atoms with Crippen LogP contribution in [0.2, 0.25) is 0 Å². The van der Waals surface area contributed by atoms with Crippen LogP contribution >= 0.6 is 24.8 Å². The first-order valence-corrected chi connectivity index (χ1v) is 8.13. The second kappa shape index (κ2) is 8.92. The van der Waals surface area contributed by atoms with E-state index in [1.165, 1.54) is 0 Å². The zero-order valence-corrected chi connectivity index (χ0v) is 16.7. The Hall–Kier alpha value is -2.24. The van der Waals surface area contributed by atoms with E-state index in [1.807, 2.05) is 44.2 Å². The SMILES string of the molecule is CCn1c(C(C)NC(=O)c2cc(N)ccc2C)nc2ccccc21.Cl.Cl. The van der Waals surface area contributed by atoms with E-state index in [-0.39, 0.29) is 36.8 Å². The molecule has 3 N–H and O–H groups in total. The van der Waals surface area contributed by atoms with Gasteiger partial charge in [0.2, 0.25) is 0 Å². The molecule has 0 aliphatic rings. The molecule has 3 aromatic rings. The van der Waals surface area contributed by atoms with Crippen molar-refractivity contribution >= 4 is 47.4 Å². The number of imidazole rings is 1. The first-order chi connectivity index (χ1) is 11.5. The topological polar surface area (TPSA) is 72.9 Å². The number of aromatic nitrogens is 2. The Morgan fingerprint density at radius 2 is 1.92 bits per heavy atom. The summed E-state index contributed by atoms with van der Waals surface area (Å²) in [6.07, 6.45) is 0. The van der Waals surface area contributed by atoms with Crippen LogP contribution in [0.5, 0.6) is 0 Å². The van der Waals surface area contributed by atoms with Crippen molar-refractivity contribution in [1.29, 1.82) is 0 Å². The lowest BCUT2D eigenvalue weighted by Crippen LogP contribution is -2.29. The smallest absolute Gasteiger partial charge is 0.252 e. The molecule has 1 atom stereocenters. The number of halogens is 2. The van der Waals surface area contributed by atoms with Crippen LogP contribution in [0.3, 0.4) is 0 Å². The summed E-state index contributed by atoms with van der Waals surface area (Å²) in [6.45, 7) is 6.73. The van der Waals surface area contributed by atoms with Crippen molar-refractivity contribution in [3.63, 3.8) is 0 Å². The fourth-order valence-corrected chi connectivity index (χ4v) is 2.98. The first-order valence-electron chi connectivity index (χ1n) is 8.13. The van der Waals surface area contributed by atoms with E-state index in [0.717, 1.165) is 29.0 Å². The van der Waals surface area contributed by atoms with E-state index in [0.29, 0.717) is 11.3 Å². The molecule has 0 aliphatic carbocycles. The average molecular weight is 395 g/mol. The second-order valence-corrected chi connectivity index (χ2v) is 5.97. The number of hydrogen-bond donors (Lipinski definition) is 2. The monoisotopic (exact) mass is 394 g/mol. The van der Waals surface area contributed by atoms with Crippen LogP contribution in [0.4, 0.5) is 5.69 Å². The van der Waals surface area contributed by atoms with Gasteiger partial charge < -0.3 is 15.6 Å². The fourth-order valence-electron chi connectivity index (χ4n) is 2.98. The van der Waals surface area contributed by atoms with E-state index in [9.17, 15) is 4.79 Å². The summed E-state index contributed by atoms with van der Waals surface area (Å²) in [6, 6.07) is 13.2. The minimum atomic E-state index is -0.203. The number of hydrogen-bond acceptors (Lipinski definition) is 3. The lowest BCUT2D eigenvalue weighted by Gasteiger charge is -2.16. The number of nitrogen functional groups attached to an aromatic ring is 1. The van der Waals surface area contributed by atoms with Crippen LogP contribution < -0.4 is 11.1 Å². The predicted molar refractivity (Wildman–Crippen MR) is 111 cm³/mol. The molecule has 3 rings (SSSR count). The third-order valence-corrected chi connectivity index (χ3v) is 4.24. The minimum absolute atomic E-state index is 0. The number of aryl methyl sites for hydroxylation is 2. The van der Waals surface area contributed by atoms with Gasteiger partial charge >= 0.3 is 0 Å². The largest absolute Gasteiger partial charge is 0.399 e. The van der Waals surface area contributed by atoms with Gasteiger partial charge in [0.15, 0.2) is 0 Å². The maximum absolute atomic E-state index is 12.6. The number of fused-ring (bicyclic) bond motifs is 1. The van der Waals surface area contributed by atoms with Gasteiger partial charge in [-0.15, -0.1) is 24.8 Å². The number of carbonyl (C=O) groups is 1. The van der Waals surface area contributed by atoms with Gasteiger partial charge in [0.1, 0.15) is 5.82 Å². The van der Waals surface area contributed by atoms with Crippen molar-refractivity contribution in [3.05, 3.63) is 59.4 Å². The number of amides is 1. The Kier molecular flexibility index (Phi) is 7.48. The predicted octanol–water partition coefficient (Wildman–Crippen LogP) is 4.28. The van der Waals surface area contributed by atoms with Crippen LogP contribution in [-0.2, 0) is 6.54 Å². The summed E-state index contributed by atoms with van der Waals surface area (Å²) < 4.78 is 2.13. The lowest BCUT2D eigenvalue weighted by atomic mass is 10.1. The van der Waals surface area contributed by atoms with Gasteiger partial charge in [-0.1, -0.05) is 18.2 Å². The Balaban J connectivity index is 0.00000169. The van der Waals surface area contributed by atoms with Gasteiger partial charge in [-0.05, 0) is 50.6 Å². The second-order valence-electron chi connectivity index (χ2n) is 5.97. The average Bonchev–Trinajstić information content (AvgIpc) is 2.95. The van der Waals surface area contributed by atoms with Crippen molar-refractivity contribution < 1.29 is 4.79 Å². The molecule has 0 radical (unpaired) electrons. The van der Waals surface area contributed by atoms with Gasteiger partial charge in [0.25, 0.3) is 5.91 Å². The molecule has 1 aromatic heterocycles. The van der Waals surface area contributed by atoms with E-state index < -0.39 is 0 Å². The van der Waals surface area contributed by atoms with E-state index >= 15 is 0 Å².